The molecule has 11 nitrogen and oxygen atoms in total. The van der Waals surface area contributed by atoms with Crippen molar-refractivity contribution < 1.29 is 19.2 Å². The first kappa shape index (κ1) is 41.0. The Morgan fingerprint density at radius 1 is 0.860 bits per heavy atom. The van der Waals surface area contributed by atoms with E-state index in [0.29, 0.717) is 58.3 Å². The van der Waals surface area contributed by atoms with Gasteiger partial charge in [-0.1, -0.05) is 42.0 Å². The number of hydrogen-bond donors (Lipinski definition) is 3. The summed E-state index contributed by atoms with van der Waals surface area (Å²) in [7, 11) is 7.45. The van der Waals surface area contributed by atoms with Gasteiger partial charge in [-0.25, -0.2) is 0 Å². The van der Waals surface area contributed by atoms with Crippen molar-refractivity contribution >= 4 is 45.2 Å². The number of hydrogen-bond acceptors (Lipinski definition) is 9. The van der Waals surface area contributed by atoms with Gasteiger partial charge in [-0.3, -0.25) is 24.1 Å². The molecule has 0 aliphatic heterocycles. The zero-order chi connectivity index (χ0) is 32.7. The summed E-state index contributed by atoms with van der Waals surface area (Å²) in [6.45, 7) is 17.4. The molecule has 13 heteroatoms. The second-order valence-corrected chi connectivity index (χ2v) is 14.3. The summed E-state index contributed by atoms with van der Waals surface area (Å²) in [4.78, 5) is 52.3. The van der Waals surface area contributed by atoms with Crippen LogP contribution in [0.1, 0.15) is 79.6 Å². The van der Waals surface area contributed by atoms with Crippen molar-refractivity contribution in [3.8, 4) is 0 Å². The van der Waals surface area contributed by atoms with Crippen molar-refractivity contribution in [3.63, 3.8) is 0 Å². The number of carbonyl (C=O) groups is 4. The lowest BCUT2D eigenvalue weighted by molar-refractivity contribution is -0.122. The molecular formula is C30H57N7O4S2. The van der Waals surface area contributed by atoms with E-state index in [4.69, 9.17) is 0 Å². The van der Waals surface area contributed by atoms with Crippen molar-refractivity contribution in [2.75, 3.05) is 64.9 Å². The number of azo groups is 1. The minimum Gasteiger partial charge on any atom is -0.355 e. The quantitative estimate of drug-likeness (QED) is 0.0587. The Morgan fingerprint density at radius 2 is 1.44 bits per heavy atom. The molecule has 3 N–H and O–H groups in total. The summed E-state index contributed by atoms with van der Waals surface area (Å²) >= 11 is 0. The van der Waals surface area contributed by atoms with E-state index in [2.05, 4.69) is 70.5 Å². The predicted octanol–water partition coefficient (Wildman–Crippen LogP) is 4.05. The molecule has 0 saturated carbocycles. The van der Waals surface area contributed by atoms with Crippen molar-refractivity contribution in [2.24, 2.45) is 10.2 Å². The van der Waals surface area contributed by atoms with Crippen molar-refractivity contribution in [1.82, 2.24) is 25.8 Å². The van der Waals surface area contributed by atoms with E-state index in [0.717, 1.165) is 37.4 Å². The lowest BCUT2D eigenvalue weighted by Gasteiger charge is -2.39. The molecule has 0 fully saturated rings. The van der Waals surface area contributed by atoms with Crippen molar-refractivity contribution in [2.45, 2.75) is 90.6 Å². The number of carbonyl (C=O) groups excluding carboxylic acids is 4. The molecule has 0 radical (unpaired) electrons. The number of nitrogens with zero attached hydrogens (tertiary/aromatic N) is 4. The van der Waals surface area contributed by atoms with E-state index in [1.54, 1.807) is 28.5 Å². The minimum absolute atomic E-state index is 0.0137. The van der Waals surface area contributed by atoms with Crippen molar-refractivity contribution in [1.29, 1.82) is 0 Å². The highest BCUT2D eigenvalue weighted by atomic mass is 33.1. The van der Waals surface area contributed by atoms with E-state index in [9.17, 15) is 19.2 Å². The highest BCUT2D eigenvalue weighted by Crippen LogP contribution is 2.23. The first-order valence-electron chi connectivity index (χ1n) is 15.3. The van der Waals surface area contributed by atoms with Gasteiger partial charge in [0.1, 0.15) is 0 Å². The lowest BCUT2D eigenvalue weighted by atomic mass is 9.94. The van der Waals surface area contributed by atoms with E-state index >= 15 is 0 Å². The lowest BCUT2D eigenvalue weighted by Crippen LogP contribution is -2.52. The largest absolute Gasteiger partial charge is 0.355 e. The number of unbranched alkanes of at least 4 members (excludes halogenated alkanes) is 1. The topological polar surface area (TPSA) is 136 Å². The fraction of sp³-hybridized carbons (Fsp3) is 0.800. The molecule has 0 rings (SSSR count). The van der Waals surface area contributed by atoms with E-state index in [1.165, 1.54) is 6.08 Å². The Balaban J connectivity index is 4.29. The molecule has 1 atom stereocenters. The number of amides is 4. The van der Waals surface area contributed by atoms with Gasteiger partial charge in [-0.2, -0.15) is 5.11 Å². The Morgan fingerprint density at radius 3 is 1.98 bits per heavy atom. The molecule has 0 aliphatic carbocycles. The molecule has 0 aromatic rings. The van der Waals surface area contributed by atoms with Crippen LogP contribution in [-0.2, 0) is 19.2 Å². The summed E-state index contributed by atoms with van der Waals surface area (Å²) in [5.41, 5.74) is -0.810. The Hall–Kier alpha value is -1.96. The van der Waals surface area contributed by atoms with Gasteiger partial charge in [-0.15, -0.1) is 5.11 Å². The average molecular weight is 644 g/mol. The Bertz CT molecular complexity index is 887. The van der Waals surface area contributed by atoms with Crippen LogP contribution in [0, 0.1) is 0 Å². The monoisotopic (exact) mass is 643 g/mol. The summed E-state index contributed by atoms with van der Waals surface area (Å²) in [5, 5.41) is 16.7. The van der Waals surface area contributed by atoms with Gasteiger partial charge in [0.25, 0.3) is 5.91 Å². The fourth-order valence-corrected chi connectivity index (χ4v) is 5.67. The van der Waals surface area contributed by atoms with Gasteiger partial charge in [0, 0.05) is 62.5 Å². The maximum absolute atomic E-state index is 12.5. The normalized spacial score (nSPS) is 13.2. The van der Waals surface area contributed by atoms with Gasteiger partial charge in [0.2, 0.25) is 17.7 Å². The first-order chi connectivity index (χ1) is 20.3. The number of rotatable bonds is 25. The second-order valence-electron chi connectivity index (χ2n) is 11.6. The molecule has 4 amide bonds. The van der Waals surface area contributed by atoms with Crippen molar-refractivity contribution in [3.05, 3.63) is 12.7 Å². The molecule has 1 unspecified atom stereocenters. The molecule has 0 spiro atoms. The molecule has 43 heavy (non-hydrogen) atoms. The molecule has 248 valence electrons. The van der Waals surface area contributed by atoms with Crippen LogP contribution >= 0.6 is 21.6 Å². The van der Waals surface area contributed by atoms with E-state index < -0.39 is 5.54 Å². The third kappa shape index (κ3) is 21.4. The van der Waals surface area contributed by atoms with Crippen LogP contribution in [-0.4, -0.2) is 109 Å². The Kier molecular flexibility index (Phi) is 22.4. The van der Waals surface area contributed by atoms with Crippen LogP contribution in [0.4, 0.5) is 0 Å². The zero-order valence-corrected chi connectivity index (χ0v) is 29.3. The highest BCUT2D eigenvalue weighted by Gasteiger charge is 2.27. The Labute approximate surface area is 268 Å². The van der Waals surface area contributed by atoms with Gasteiger partial charge < -0.3 is 20.9 Å². The van der Waals surface area contributed by atoms with Crippen LogP contribution in [0.15, 0.2) is 22.9 Å². The SMILES string of the molecule is C=CC(=O)NCC(C)(C)N(CCCCN(C)C)CCC(=O)NCCSSCCNC(=O)CCC(C)(CC)N=NC(=O)CC. The maximum atomic E-state index is 12.5. The van der Waals surface area contributed by atoms with Gasteiger partial charge in [0.15, 0.2) is 0 Å². The van der Waals surface area contributed by atoms with Crippen LogP contribution in [0.5, 0.6) is 0 Å². The fourth-order valence-electron chi connectivity index (χ4n) is 3.86. The van der Waals surface area contributed by atoms with Crippen LogP contribution < -0.4 is 16.0 Å². The van der Waals surface area contributed by atoms with Crippen LogP contribution in [0.2, 0.25) is 0 Å². The minimum atomic E-state index is -0.513. The van der Waals surface area contributed by atoms with Gasteiger partial charge >= 0.3 is 0 Å². The summed E-state index contributed by atoms with van der Waals surface area (Å²) < 4.78 is 0. The maximum Gasteiger partial charge on any atom is 0.264 e. The molecule has 0 aromatic heterocycles. The third-order valence-corrected chi connectivity index (χ3v) is 9.49. The molecule has 0 bridgehead atoms. The summed E-state index contributed by atoms with van der Waals surface area (Å²) in [5.74, 6) is 1.07. The average Bonchev–Trinajstić information content (AvgIpc) is 2.98. The summed E-state index contributed by atoms with van der Waals surface area (Å²) in [6.07, 6.45) is 5.64. The van der Waals surface area contributed by atoms with Crippen LogP contribution in [0.3, 0.4) is 0 Å². The van der Waals surface area contributed by atoms with E-state index in [-0.39, 0.29) is 29.2 Å². The third-order valence-electron chi connectivity index (χ3n) is 7.09. The zero-order valence-electron chi connectivity index (χ0n) is 27.6. The molecule has 0 aromatic carbocycles. The first-order valence-corrected chi connectivity index (χ1v) is 17.8. The predicted molar refractivity (Wildman–Crippen MR) is 180 cm³/mol. The van der Waals surface area contributed by atoms with Gasteiger partial charge in [0.05, 0.1) is 5.54 Å². The molecule has 0 saturated heterocycles. The van der Waals surface area contributed by atoms with Crippen LogP contribution in [0.25, 0.3) is 0 Å². The highest BCUT2D eigenvalue weighted by molar-refractivity contribution is 8.76. The molecule has 0 heterocycles. The standard InChI is InChI=1S/C30H57N7O4S2/c1-9-25(38)33-24-29(4,5)37(20-13-12-19-36(7)8)21-15-28(41)32-18-23-43-42-22-17-31-27(40)14-16-30(6,11-3)35-34-26(39)10-2/h9H,1,10-24H2,2-8H3,(H,31,40)(H,32,41)(H,33,38). The second kappa shape index (κ2) is 23.4. The van der Waals surface area contributed by atoms with Gasteiger partial charge in [-0.05, 0) is 79.7 Å². The van der Waals surface area contributed by atoms with E-state index in [1.807, 2.05) is 13.8 Å². The number of nitrogens with one attached hydrogen (secondary N) is 3. The molecule has 0 aliphatic rings. The smallest absolute Gasteiger partial charge is 0.264 e. The molecular weight excluding hydrogens is 587 g/mol. The summed E-state index contributed by atoms with van der Waals surface area (Å²) in [6, 6.07) is 0.